The SMILES string of the molecule is Cc1cc(C(=O)N2CCN(CCC(=O)c3ccc(F)cc3)CC2)on1. The topological polar surface area (TPSA) is 66.7 Å². The van der Waals surface area contributed by atoms with Gasteiger partial charge in [0.1, 0.15) is 5.82 Å². The zero-order valence-electron chi connectivity index (χ0n) is 14.1. The van der Waals surface area contributed by atoms with E-state index in [1.54, 1.807) is 17.9 Å². The third-order valence-electron chi connectivity index (χ3n) is 4.32. The number of ketones is 1. The Balaban J connectivity index is 1.45. The van der Waals surface area contributed by atoms with Crippen LogP contribution in [-0.2, 0) is 0 Å². The van der Waals surface area contributed by atoms with Crippen molar-refractivity contribution in [2.24, 2.45) is 0 Å². The molecular weight excluding hydrogens is 325 g/mol. The Bertz CT molecular complexity index is 749. The Labute approximate surface area is 145 Å². The standard InChI is InChI=1S/C18H20FN3O3/c1-13-12-17(25-20-13)18(24)22-10-8-21(9-11-22)7-6-16(23)14-2-4-15(19)5-3-14/h2-5,12H,6-11H2,1H3. The van der Waals surface area contributed by atoms with E-state index in [-0.39, 0.29) is 23.3 Å². The van der Waals surface area contributed by atoms with Gasteiger partial charge in [0.05, 0.1) is 5.69 Å². The van der Waals surface area contributed by atoms with Crippen molar-refractivity contribution < 1.29 is 18.5 Å². The molecule has 1 saturated heterocycles. The first kappa shape index (κ1) is 17.3. The summed E-state index contributed by atoms with van der Waals surface area (Å²) in [4.78, 5) is 28.3. The summed E-state index contributed by atoms with van der Waals surface area (Å²) in [6, 6.07) is 7.24. The molecule has 2 aromatic rings. The molecule has 1 fully saturated rings. The molecule has 2 heterocycles. The largest absolute Gasteiger partial charge is 0.351 e. The summed E-state index contributed by atoms with van der Waals surface area (Å²) < 4.78 is 17.9. The van der Waals surface area contributed by atoms with E-state index in [0.29, 0.717) is 50.4 Å². The van der Waals surface area contributed by atoms with Gasteiger partial charge in [-0.2, -0.15) is 0 Å². The van der Waals surface area contributed by atoms with Crippen LogP contribution in [-0.4, -0.2) is 59.4 Å². The third kappa shape index (κ3) is 4.30. The Morgan fingerprint density at radius 2 is 1.84 bits per heavy atom. The van der Waals surface area contributed by atoms with Crippen LogP contribution < -0.4 is 0 Å². The van der Waals surface area contributed by atoms with Crippen LogP contribution >= 0.6 is 0 Å². The molecule has 0 saturated carbocycles. The highest BCUT2D eigenvalue weighted by Crippen LogP contribution is 2.11. The van der Waals surface area contributed by atoms with Gasteiger partial charge in [0, 0.05) is 50.8 Å². The first-order chi connectivity index (χ1) is 12.0. The van der Waals surface area contributed by atoms with Crippen LogP contribution in [0.2, 0.25) is 0 Å². The van der Waals surface area contributed by atoms with Crippen LogP contribution in [0.3, 0.4) is 0 Å². The van der Waals surface area contributed by atoms with Gasteiger partial charge in [0.15, 0.2) is 5.78 Å². The van der Waals surface area contributed by atoms with Gasteiger partial charge in [-0.15, -0.1) is 0 Å². The van der Waals surface area contributed by atoms with Crippen molar-refractivity contribution in [1.29, 1.82) is 0 Å². The molecule has 0 N–H and O–H groups in total. The van der Waals surface area contributed by atoms with Gasteiger partial charge >= 0.3 is 0 Å². The van der Waals surface area contributed by atoms with Gasteiger partial charge in [-0.25, -0.2) is 4.39 Å². The first-order valence-electron chi connectivity index (χ1n) is 8.26. The zero-order chi connectivity index (χ0) is 17.8. The monoisotopic (exact) mass is 345 g/mol. The summed E-state index contributed by atoms with van der Waals surface area (Å²) in [5.41, 5.74) is 1.21. The molecule has 0 spiro atoms. The fourth-order valence-corrected chi connectivity index (χ4v) is 2.83. The van der Waals surface area contributed by atoms with E-state index in [1.165, 1.54) is 24.3 Å². The number of Topliss-reactive ketones (excluding diaryl/α,β-unsaturated/α-hetero) is 1. The van der Waals surface area contributed by atoms with Crippen LogP contribution in [0.5, 0.6) is 0 Å². The van der Waals surface area contributed by atoms with Crippen molar-refractivity contribution in [1.82, 2.24) is 15.0 Å². The number of benzene rings is 1. The van der Waals surface area contributed by atoms with E-state index in [1.807, 2.05) is 0 Å². The van der Waals surface area contributed by atoms with E-state index in [4.69, 9.17) is 4.52 Å². The number of aromatic nitrogens is 1. The van der Waals surface area contributed by atoms with Gasteiger partial charge in [-0.3, -0.25) is 14.5 Å². The maximum atomic E-state index is 12.9. The lowest BCUT2D eigenvalue weighted by Crippen LogP contribution is -2.49. The Morgan fingerprint density at radius 3 is 2.44 bits per heavy atom. The summed E-state index contributed by atoms with van der Waals surface area (Å²) in [5, 5.41) is 3.74. The number of nitrogens with zero attached hydrogens (tertiary/aromatic N) is 3. The number of hydrogen-bond donors (Lipinski definition) is 0. The van der Waals surface area contributed by atoms with E-state index in [0.717, 1.165) is 0 Å². The van der Waals surface area contributed by atoms with Gasteiger partial charge in [-0.1, -0.05) is 5.16 Å². The molecule has 1 aromatic heterocycles. The molecule has 1 amide bonds. The highest BCUT2D eigenvalue weighted by atomic mass is 19.1. The predicted molar refractivity (Wildman–Crippen MR) is 88.9 cm³/mol. The van der Waals surface area contributed by atoms with Gasteiger partial charge < -0.3 is 9.42 Å². The van der Waals surface area contributed by atoms with Crippen molar-refractivity contribution in [3.63, 3.8) is 0 Å². The molecule has 0 aliphatic carbocycles. The molecule has 0 atom stereocenters. The molecule has 0 radical (unpaired) electrons. The average Bonchev–Trinajstić information content (AvgIpc) is 3.06. The molecule has 1 aliphatic heterocycles. The summed E-state index contributed by atoms with van der Waals surface area (Å²) >= 11 is 0. The molecular formula is C18H20FN3O3. The van der Waals surface area contributed by atoms with Crippen LogP contribution in [0, 0.1) is 12.7 Å². The molecule has 0 bridgehead atoms. The zero-order valence-corrected chi connectivity index (χ0v) is 14.1. The highest BCUT2D eigenvalue weighted by molar-refractivity contribution is 5.96. The molecule has 132 valence electrons. The lowest BCUT2D eigenvalue weighted by molar-refractivity contribution is 0.0590. The number of aryl methyl sites for hydroxylation is 1. The average molecular weight is 345 g/mol. The van der Waals surface area contributed by atoms with Crippen molar-refractivity contribution in [2.75, 3.05) is 32.7 Å². The lowest BCUT2D eigenvalue weighted by Gasteiger charge is -2.34. The number of halogens is 1. The third-order valence-corrected chi connectivity index (χ3v) is 4.32. The van der Waals surface area contributed by atoms with Gasteiger partial charge in [-0.05, 0) is 31.2 Å². The van der Waals surface area contributed by atoms with E-state index >= 15 is 0 Å². The number of rotatable bonds is 5. The van der Waals surface area contributed by atoms with E-state index in [2.05, 4.69) is 10.1 Å². The molecule has 0 unspecified atom stereocenters. The summed E-state index contributed by atoms with van der Waals surface area (Å²) in [7, 11) is 0. The normalized spacial score (nSPS) is 15.4. The Morgan fingerprint density at radius 1 is 1.16 bits per heavy atom. The molecule has 7 heteroatoms. The van der Waals surface area contributed by atoms with E-state index in [9.17, 15) is 14.0 Å². The van der Waals surface area contributed by atoms with Crippen LogP contribution in [0.1, 0.15) is 33.0 Å². The quantitative estimate of drug-likeness (QED) is 0.777. The number of hydrogen-bond acceptors (Lipinski definition) is 5. The van der Waals surface area contributed by atoms with Gasteiger partial charge in [0.2, 0.25) is 5.76 Å². The highest BCUT2D eigenvalue weighted by Gasteiger charge is 2.24. The second-order valence-electron chi connectivity index (χ2n) is 6.15. The van der Waals surface area contributed by atoms with Crippen molar-refractivity contribution in [3.8, 4) is 0 Å². The van der Waals surface area contributed by atoms with Crippen LogP contribution in [0.4, 0.5) is 4.39 Å². The maximum absolute atomic E-state index is 12.9. The molecule has 3 rings (SSSR count). The lowest BCUT2D eigenvalue weighted by atomic mass is 10.1. The summed E-state index contributed by atoms with van der Waals surface area (Å²) in [6.07, 6.45) is 0.376. The minimum atomic E-state index is -0.348. The van der Waals surface area contributed by atoms with Crippen molar-refractivity contribution in [3.05, 3.63) is 53.2 Å². The Hall–Kier alpha value is -2.54. The smallest absolute Gasteiger partial charge is 0.292 e. The van der Waals surface area contributed by atoms with Gasteiger partial charge in [0.25, 0.3) is 5.91 Å². The Kier molecular flexibility index (Phi) is 5.23. The van der Waals surface area contributed by atoms with Crippen LogP contribution in [0.15, 0.2) is 34.9 Å². The van der Waals surface area contributed by atoms with Crippen molar-refractivity contribution in [2.45, 2.75) is 13.3 Å². The fraction of sp³-hybridized carbons (Fsp3) is 0.389. The number of piperazine rings is 1. The molecule has 1 aliphatic rings. The molecule has 1 aromatic carbocycles. The predicted octanol–water partition coefficient (Wildman–Crippen LogP) is 2.15. The molecule has 6 nitrogen and oxygen atoms in total. The number of amides is 1. The summed E-state index contributed by atoms with van der Waals surface area (Å²) in [6.45, 7) is 4.98. The first-order valence-corrected chi connectivity index (χ1v) is 8.26. The van der Waals surface area contributed by atoms with Crippen LogP contribution in [0.25, 0.3) is 0 Å². The van der Waals surface area contributed by atoms with Crippen molar-refractivity contribution >= 4 is 11.7 Å². The number of carbonyl (C=O) groups excluding carboxylic acids is 2. The summed E-state index contributed by atoms with van der Waals surface area (Å²) in [5.74, 6) is -0.241. The maximum Gasteiger partial charge on any atom is 0.292 e. The second-order valence-corrected chi connectivity index (χ2v) is 6.15. The van der Waals surface area contributed by atoms with E-state index < -0.39 is 0 Å². The minimum Gasteiger partial charge on any atom is -0.351 e. The molecule has 25 heavy (non-hydrogen) atoms. The number of carbonyl (C=O) groups is 2. The second kappa shape index (κ2) is 7.57. The fourth-order valence-electron chi connectivity index (χ4n) is 2.83. The minimum absolute atomic E-state index is 0.00404.